The SMILES string of the molecule is c1ccc(-c2cc3c4c(n2)N(c2ccccc2)c2ccccc2B4c2cc4c(cc2N3c2ccccc2)N(c2ccccc2)c2nc(-c3ccccc3)cc3c2N4c2ccccc2N3c2ccccc2)cc1. The first-order chi connectivity index (χ1) is 35.8. The second-order valence-electron chi connectivity index (χ2n) is 18.6. The van der Waals surface area contributed by atoms with Crippen LogP contribution in [0, 0.1) is 0 Å². The van der Waals surface area contributed by atoms with E-state index in [9.17, 15) is 0 Å². The Morgan fingerprint density at radius 1 is 0.264 bits per heavy atom. The number of rotatable bonds is 6. The number of fused-ring (bicyclic) bond motifs is 8. The van der Waals surface area contributed by atoms with Crippen molar-refractivity contribution in [1.82, 2.24) is 9.97 Å². The molecule has 0 N–H and O–H groups in total. The average Bonchev–Trinajstić information content (AvgIpc) is 3.45. The molecular weight excluding hydrogens is 878 g/mol. The highest BCUT2D eigenvalue weighted by Crippen LogP contribution is 2.64. The Morgan fingerprint density at radius 2 is 0.667 bits per heavy atom. The van der Waals surface area contributed by atoms with Gasteiger partial charge in [0.25, 0.3) is 6.71 Å². The number of nitrogens with zero attached hydrogens (tertiary/aromatic N) is 7. The third-order valence-corrected chi connectivity index (χ3v) is 14.6. The molecule has 0 fully saturated rings. The van der Waals surface area contributed by atoms with Gasteiger partial charge in [-0.1, -0.05) is 164 Å². The summed E-state index contributed by atoms with van der Waals surface area (Å²) in [6.07, 6.45) is 0. The van der Waals surface area contributed by atoms with Gasteiger partial charge in [0.2, 0.25) is 0 Å². The molecule has 0 aliphatic carbocycles. The zero-order valence-corrected chi connectivity index (χ0v) is 39.0. The molecular formula is C64H42BN7. The number of hydrogen-bond acceptors (Lipinski definition) is 7. The lowest BCUT2D eigenvalue weighted by molar-refractivity contribution is 1.07. The van der Waals surface area contributed by atoms with Gasteiger partial charge in [0, 0.05) is 50.9 Å². The van der Waals surface area contributed by atoms with E-state index >= 15 is 0 Å². The van der Waals surface area contributed by atoms with Crippen LogP contribution >= 0.6 is 0 Å². The molecule has 0 radical (unpaired) electrons. The second kappa shape index (κ2) is 16.0. The van der Waals surface area contributed by atoms with Gasteiger partial charge in [-0.15, -0.1) is 0 Å². The first-order valence-electron chi connectivity index (χ1n) is 24.5. The molecule has 72 heavy (non-hydrogen) atoms. The number of aromatic nitrogens is 2. The number of para-hydroxylation sites is 7. The van der Waals surface area contributed by atoms with Gasteiger partial charge < -0.3 is 14.7 Å². The summed E-state index contributed by atoms with van der Waals surface area (Å²) in [5.41, 5.74) is 21.3. The first kappa shape index (κ1) is 40.3. The zero-order valence-electron chi connectivity index (χ0n) is 39.0. The highest BCUT2D eigenvalue weighted by atomic mass is 15.4. The quantitative estimate of drug-likeness (QED) is 0.154. The van der Waals surface area contributed by atoms with Crippen molar-refractivity contribution in [2.45, 2.75) is 0 Å². The van der Waals surface area contributed by atoms with Crippen molar-refractivity contribution in [3.63, 3.8) is 0 Å². The monoisotopic (exact) mass is 919 g/mol. The molecule has 4 aliphatic heterocycles. The Labute approximate surface area is 418 Å². The van der Waals surface area contributed by atoms with E-state index in [1.807, 2.05) is 0 Å². The van der Waals surface area contributed by atoms with E-state index < -0.39 is 0 Å². The van der Waals surface area contributed by atoms with Crippen LogP contribution in [0.3, 0.4) is 0 Å². The number of hydrogen-bond donors (Lipinski definition) is 0. The molecule has 336 valence electrons. The summed E-state index contributed by atoms with van der Waals surface area (Å²) < 4.78 is 0. The largest absolute Gasteiger partial charge is 0.311 e. The van der Waals surface area contributed by atoms with Crippen molar-refractivity contribution in [2.24, 2.45) is 0 Å². The minimum Gasteiger partial charge on any atom is -0.311 e. The molecule has 6 heterocycles. The van der Waals surface area contributed by atoms with Crippen molar-refractivity contribution in [3.8, 4) is 22.5 Å². The predicted octanol–water partition coefficient (Wildman–Crippen LogP) is 14.9. The highest BCUT2D eigenvalue weighted by Gasteiger charge is 2.48. The van der Waals surface area contributed by atoms with E-state index in [4.69, 9.17) is 9.97 Å². The molecule has 0 saturated heterocycles. The number of anilines is 15. The Kier molecular flexibility index (Phi) is 8.92. The highest BCUT2D eigenvalue weighted by molar-refractivity contribution is 7.00. The molecule has 9 aromatic carbocycles. The van der Waals surface area contributed by atoms with Gasteiger partial charge in [0.1, 0.15) is 11.5 Å². The second-order valence-corrected chi connectivity index (χ2v) is 18.6. The van der Waals surface area contributed by atoms with Gasteiger partial charge in [-0.2, -0.15) is 0 Å². The fourth-order valence-corrected chi connectivity index (χ4v) is 11.6. The van der Waals surface area contributed by atoms with E-state index in [0.717, 1.165) is 114 Å². The molecule has 0 bridgehead atoms. The van der Waals surface area contributed by atoms with E-state index in [0.29, 0.717) is 0 Å². The third-order valence-electron chi connectivity index (χ3n) is 14.6. The van der Waals surface area contributed by atoms with Crippen LogP contribution in [0.1, 0.15) is 0 Å². The summed E-state index contributed by atoms with van der Waals surface area (Å²) >= 11 is 0. The van der Waals surface area contributed by atoms with Crippen molar-refractivity contribution in [1.29, 1.82) is 0 Å². The lowest BCUT2D eigenvalue weighted by atomic mass is 9.33. The minimum atomic E-state index is -0.172. The maximum Gasteiger partial charge on any atom is 0.254 e. The van der Waals surface area contributed by atoms with Crippen LogP contribution in [0.5, 0.6) is 0 Å². The van der Waals surface area contributed by atoms with Crippen LogP contribution in [0.4, 0.5) is 85.6 Å². The molecule has 4 aliphatic rings. The lowest BCUT2D eigenvalue weighted by Gasteiger charge is -2.48. The molecule has 0 saturated carbocycles. The standard InChI is InChI=1S/C64H42BN7/c1-7-23-43(24-8-1)51-40-59-61-63(66-51)70(47-31-15-5-16-32-47)53-36-20-19-35-49(53)65(61)50-39-57-58(42-56(50)69(59)46-29-13-4-14-30-46)71(48-33-17-6-18-34-48)64-62-60(41-52(67-64)44-25-9-2-10-26-44)68(45-27-11-3-12-28-45)54-37-21-22-38-55(54)72(57)62/h1-42H. The van der Waals surface area contributed by atoms with Crippen LogP contribution in [0.2, 0.25) is 0 Å². The van der Waals surface area contributed by atoms with Crippen LogP contribution in [0.15, 0.2) is 255 Å². The molecule has 0 spiro atoms. The molecule has 0 unspecified atom stereocenters. The smallest absolute Gasteiger partial charge is 0.254 e. The van der Waals surface area contributed by atoms with Crippen molar-refractivity contribution in [2.75, 3.05) is 24.5 Å². The van der Waals surface area contributed by atoms with E-state index in [1.54, 1.807) is 0 Å². The maximum atomic E-state index is 5.75. The van der Waals surface area contributed by atoms with Crippen molar-refractivity contribution in [3.05, 3.63) is 255 Å². The third kappa shape index (κ3) is 5.99. The average molecular weight is 920 g/mol. The van der Waals surface area contributed by atoms with Crippen LogP contribution in [0.25, 0.3) is 22.5 Å². The summed E-state index contributed by atoms with van der Waals surface area (Å²) in [6.45, 7) is -0.172. The fraction of sp³-hybridized carbons (Fsp3) is 0. The molecule has 15 rings (SSSR count). The summed E-state index contributed by atoms with van der Waals surface area (Å²) in [7, 11) is 0. The predicted molar refractivity (Wildman–Crippen MR) is 298 cm³/mol. The van der Waals surface area contributed by atoms with E-state index in [2.05, 4.69) is 279 Å². The molecule has 11 aromatic rings. The van der Waals surface area contributed by atoms with Crippen LogP contribution in [-0.4, -0.2) is 16.7 Å². The molecule has 7 nitrogen and oxygen atoms in total. The van der Waals surface area contributed by atoms with Gasteiger partial charge in [0.15, 0.2) is 5.82 Å². The van der Waals surface area contributed by atoms with Crippen molar-refractivity contribution >= 4 is 109 Å². The van der Waals surface area contributed by atoms with Gasteiger partial charge in [-0.05, 0) is 107 Å². The van der Waals surface area contributed by atoms with Gasteiger partial charge in [-0.3, -0.25) is 9.80 Å². The fourth-order valence-electron chi connectivity index (χ4n) is 11.6. The topological polar surface area (TPSA) is 42.0 Å². The zero-order chi connectivity index (χ0) is 47.3. The summed E-state index contributed by atoms with van der Waals surface area (Å²) in [5.74, 6) is 1.77. The van der Waals surface area contributed by atoms with Gasteiger partial charge in [-0.25, -0.2) is 9.97 Å². The summed E-state index contributed by atoms with van der Waals surface area (Å²) in [6, 6.07) is 91.5. The molecule has 0 atom stereocenters. The number of pyridine rings is 2. The van der Waals surface area contributed by atoms with E-state index in [-0.39, 0.29) is 6.71 Å². The Morgan fingerprint density at radius 3 is 1.22 bits per heavy atom. The van der Waals surface area contributed by atoms with Crippen LogP contribution < -0.4 is 40.9 Å². The minimum absolute atomic E-state index is 0.172. The maximum absolute atomic E-state index is 5.75. The van der Waals surface area contributed by atoms with Gasteiger partial charge in [0.05, 0.1) is 39.8 Å². The Balaban J connectivity index is 1.08. The Hall–Kier alpha value is -9.66. The van der Waals surface area contributed by atoms with Crippen LogP contribution in [-0.2, 0) is 0 Å². The first-order valence-corrected chi connectivity index (χ1v) is 24.5. The number of benzene rings is 9. The molecule has 8 heteroatoms. The molecule has 0 amide bonds. The van der Waals surface area contributed by atoms with Gasteiger partial charge >= 0.3 is 0 Å². The van der Waals surface area contributed by atoms with Crippen molar-refractivity contribution < 1.29 is 0 Å². The molecule has 2 aromatic heterocycles. The normalized spacial score (nSPS) is 13.4. The van der Waals surface area contributed by atoms with E-state index in [1.165, 1.54) is 10.9 Å². The summed E-state index contributed by atoms with van der Waals surface area (Å²) in [4.78, 5) is 23.6. The summed E-state index contributed by atoms with van der Waals surface area (Å²) in [5, 5.41) is 0. The lowest BCUT2D eigenvalue weighted by Crippen LogP contribution is -2.61. The Bertz CT molecular complexity index is 3640.